The highest BCUT2D eigenvalue weighted by molar-refractivity contribution is 14.1. The molecule has 0 aliphatic heterocycles. The number of hydrogen-bond donors (Lipinski definition) is 1. The van der Waals surface area contributed by atoms with Crippen LogP contribution in [0.3, 0.4) is 0 Å². The van der Waals surface area contributed by atoms with E-state index in [1.165, 1.54) is 6.07 Å². The molecule has 0 spiro atoms. The van der Waals surface area contributed by atoms with E-state index in [-0.39, 0.29) is 5.75 Å². The van der Waals surface area contributed by atoms with E-state index in [1.807, 2.05) is 52.9 Å². The smallest absolute Gasteiger partial charge is 0.154 e. The van der Waals surface area contributed by atoms with Crippen molar-refractivity contribution < 1.29 is 14.6 Å². The van der Waals surface area contributed by atoms with E-state index in [0.29, 0.717) is 27.8 Å². The molecule has 0 bridgehead atoms. The Morgan fingerprint density at radius 3 is 2.56 bits per heavy atom. The monoisotopic (exact) mass is 354 g/mol. The molecule has 0 unspecified atom stereocenters. The molecule has 3 nitrogen and oxygen atoms in total. The van der Waals surface area contributed by atoms with Gasteiger partial charge in [0.1, 0.15) is 18.1 Å². The fourth-order valence-electron chi connectivity index (χ4n) is 1.52. The van der Waals surface area contributed by atoms with Crippen LogP contribution in [0.5, 0.6) is 11.5 Å². The van der Waals surface area contributed by atoms with E-state index in [9.17, 15) is 9.90 Å². The second kappa shape index (κ2) is 5.86. The molecular weight excluding hydrogens is 343 g/mol. The van der Waals surface area contributed by atoms with Gasteiger partial charge < -0.3 is 9.84 Å². The molecule has 0 aliphatic carbocycles. The average molecular weight is 354 g/mol. The summed E-state index contributed by atoms with van der Waals surface area (Å²) in [5.41, 5.74) is 1.34. The fourth-order valence-corrected chi connectivity index (χ4v) is 2.23. The summed E-state index contributed by atoms with van der Waals surface area (Å²) in [6.07, 6.45) is 0.637. The van der Waals surface area contributed by atoms with Gasteiger partial charge >= 0.3 is 0 Å². The van der Waals surface area contributed by atoms with Gasteiger partial charge in [0.15, 0.2) is 6.29 Å². The van der Waals surface area contributed by atoms with E-state index >= 15 is 0 Å². The lowest BCUT2D eigenvalue weighted by molar-refractivity contribution is 0.112. The molecule has 0 aromatic heterocycles. The van der Waals surface area contributed by atoms with Crippen molar-refractivity contribution in [3.63, 3.8) is 0 Å². The zero-order valence-corrected chi connectivity index (χ0v) is 11.6. The summed E-state index contributed by atoms with van der Waals surface area (Å²) in [6.45, 7) is 0.427. The van der Waals surface area contributed by atoms with Gasteiger partial charge in [0.25, 0.3) is 0 Å². The van der Waals surface area contributed by atoms with Gasteiger partial charge in [-0.25, -0.2) is 0 Å². The van der Waals surface area contributed by atoms with Crippen LogP contribution in [0.15, 0.2) is 42.5 Å². The van der Waals surface area contributed by atoms with Crippen LogP contribution in [0.25, 0.3) is 0 Å². The molecule has 18 heavy (non-hydrogen) atoms. The maximum atomic E-state index is 10.7. The highest BCUT2D eigenvalue weighted by Crippen LogP contribution is 2.28. The molecule has 92 valence electrons. The lowest BCUT2D eigenvalue weighted by atomic mass is 10.2. The van der Waals surface area contributed by atoms with E-state index in [2.05, 4.69) is 0 Å². The molecule has 1 N–H and O–H groups in total. The first-order valence-electron chi connectivity index (χ1n) is 5.35. The Bertz CT molecular complexity index is 529. The van der Waals surface area contributed by atoms with Crippen molar-refractivity contribution in [3.05, 3.63) is 57.2 Å². The van der Waals surface area contributed by atoms with Gasteiger partial charge in [0.2, 0.25) is 0 Å². The van der Waals surface area contributed by atoms with Crippen LogP contribution < -0.4 is 4.74 Å². The quantitative estimate of drug-likeness (QED) is 0.676. The molecule has 2 aromatic carbocycles. The second-order valence-corrected chi connectivity index (χ2v) is 4.89. The predicted octanol–water partition coefficient (Wildman–Crippen LogP) is 3.39. The number of hydrogen-bond acceptors (Lipinski definition) is 3. The molecule has 0 saturated carbocycles. The van der Waals surface area contributed by atoms with Crippen molar-refractivity contribution in [3.8, 4) is 11.5 Å². The maximum Gasteiger partial charge on any atom is 0.154 e. The third kappa shape index (κ3) is 3.01. The number of phenolic OH excluding ortho intramolecular Hbond substituents is 1. The number of ether oxygens (including phenoxy) is 1. The highest BCUT2D eigenvalue weighted by Gasteiger charge is 2.08. The Morgan fingerprint density at radius 2 is 1.94 bits per heavy atom. The average Bonchev–Trinajstić information content (AvgIpc) is 2.37. The van der Waals surface area contributed by atoms with Crippen molar-refractivity contribution in [1.82, 2.24) is 0 Å². The van der Waals surface area contributed by atoms with Crippen LogP contribution in [-0.2, 0) is 6.61 Å². The van der Waals surface area contributed by atoms with Crippen molar-refractivity contribution >= 4 is 28.9 Å². The standard InChI is InChI=1S/C14H11IO3/c15-13-6-11(7-14(17)12(13)8-16)18-9-10-4-2-1-3-5-10/h1-8,17H,9H2. The van der Waals surface area contributed by atoms with E-state index < -0.39 is 0 Å². The number of phenols is 1. The van der Waals surface area contributed by atoms with Gasteiger partial charge in [-0.1, -0.05) is 30.3 Å². The summed E-state index contributed by atoms with van der Waals surface area (Å²) in [5.74, 6) is 0.492. The molecule has 2 aromatic rings. The molecule has 0 fully saturated rings. The Kier molecular flexibility index (Phi) is 4.19. The largest absolute Gasteiger partial charge is 0.507 e. The normalized spacial score (nSPS) is 10.1. The number of halogens is 1. The number of aldehydes is 1. The van der Waals surface area contributed by atoms with Gasteiger partial charge in [-0.15, -0.1) is 0 Å². The van der Waals surface area contributed by atoms with Crippen LogP contribution in [-0.4, -0.2) is 11.4 Å². The molecule has 0 amide bonds. The summed E-state index contributed by atoms with van der Waals surface area (Å²) in [5, 5.41) is 9.65. The minimum absolute atomic E-state index is 0.0556. The molecule has 2 rings (SSSR count). The Morgan fingerprint density at radius 1 is 1.22 bits per heavy atom. The van der Waals surface area contributed by atoms with Crippen LogP contribution in [0.1, 0.15) is 15.9 Å². The van der Waals surface area contributed by atoms with Crippen molar-refractivity contribution in [2.45, 2.75) is 6.61 Å². The maximum absolute atomic E-state index is 10.7. The summed E-state index contributed by atoms with van der Waals surface area (Å²) in [4.78, 5) is 10.7. The van der Waals surface area contributed by atoms with Crippen LogP contribution in [0, 0.1) is 3.57 Å². The number of carbonyl (C=O) groups is 1. The summed E-state index contributed by atoms with van der Waals surface area (Å²) < 4.78 is 6.24. The van der Waals surface area contributed by atoms with Gasteiger partial charge in [0, 0.05) is 9.64 Å². The van der Waals surface area contributed by atoms with Crippen LogP contribution >= 0.6 is 22.6 Å². The van der Waals surface area contributed by atoms with E-state index in [0.717, 1.165) is 5.56 Å². The van der Waals surface area contributed by atoms with Gasteiger partial charge in [0.05, 0.1) is 5.56 Å². The first kappa shape index (κ1) is 12.9. The minimum Gasteiger partial charge on any atom is -0.507 e. The SMILES string of the molecule is O=Cc1c(O)cc(OCc2ccccc2)cc1I. The fraction of sp³-hybridized carbons (Fsp3) is 0.0714. The molecular formula is C14H11IO3. The number of carbonyl (C=O) groups excluding carboxylic acids is 1. The molecule has 0 aliphatic rings. The third-order valence-corrected chi connectivity index (χ3v) is 3.34. The Balaban J connectivity index is 2.13. The highest BCUT2D eigenvalue weighted by atomic mass is 127. The minimum atomic E-state index is -0.0556. The van der Waals surface area contributed by atoms with Crippen LogP contribution in [0.2, 0.25) is 0 Å². The van der Waals surface area contributed by atoms with Gasteiger partial charge in [-0.05, 0) is 34.2 Å². The summed E-state index contributed by atoms with van der Waals surface area (Å²) >= 11 is 1.99. The third-order valence-electron chi connectivity index (χ3n) is 2.45. The van der Waals surface area contributed by atoms with E-state index in [4.69, 9.17) is 4.74 Å². The summed E-state index contributed by atoms with van der Waals surface area (Å²) in [6, 6.07) is 12.9. The molecule has 0 radical (unpaired) electrons. The lowest BCUT2D eigenvalue weighted by Gasteiger charge is -2.09. The van der Waals surface area contributed by atoms with Crippen molar-refractivity contribution in [2.24, 2.45) is 0 Å². The number of benzene rings is 2. The zero-order chi connectivity index (χ0) is 13.0. The van der Waals surface area contributed by atoms with Crippen molar-refractivity contribution in [2.75, 3.05) is 0 Å². The predicted molar refractivity (Wildman–Crippen MR) is 77.0 cm³/mol. The number of rotatable bonds is 4. The molecule has 0 saturated heterocycles. The lowest BCUT2D eigenvalue weighted by Crippen LogP contribution is -1.96. The van der Waals surface area contributed by atoms with Crippen molar-refractivity contribution in [1.29, 1.82) is 0 Å². The first-order chi connectivity index (χ1) is 8.70. The Hall–Kier alpha value is -1.56. The molecule has 4 heteroatoms. The molecule has 0 atom stereocenters. The van der Waals surface area contributed by atoms with E-state index in [1.54, 1.807) is 6.07 Å². The molecule has 0 heterocycles. The zero-order valence-electron chi connectivity index (χ0n) is 9.47. The van der Waals surface area contributed by atoms with Gasteiger partial charge in [-0.3, -0.25) is 4.79 Å². The van der Waals surface area contributed by atoms with Crippen LogP contribution in [0.4, 0.5) is 0 Å². The second-order valence-electron chi connectivity index (χ2n) is 3.73. The Labute approximate surface area is 119 Å². The van der Waals surface area contributed by atoms with Gasteiger partial charge in [-0.2, -0.15) is 0 Å². The summed E-state index contributed by atoms with van der Waals surface area (Å²) in [7, 11) is 0. The topological polar surface area (TPSA) is 46.5 Å². The number of aromatic hydroxyl groups is 1. The first-order valence-corrected chi connectivity index (χ1v) is 6.43.